The Morgan fingerprint density at radius 2 is 1.24 bits per heavy atom. The van der Waals surface area contributed by atoms with Crippen molar-refractivity contribution in [2.45, 2.75) is 32.1 Å². The number of benzene rings is 3. The average Bonchev–Trinajstić information content (AvgIpc) is 2.83. The molecular formula is C30H25NO3. The molecule has 1 aliphatic heterocycles. The summed E-state index contributed by atoms with van der Waals surface area (Å²) in [6.45, 7) is 4.02. The molecule has 1 heterocycles. The number of ketones is 1. The average molecular weight is 448 g/mol. The molecule has 1 atom stereocenters. The molecule has 1 unspecified atom stereocenters. The predicted molar refractivity (Wildman–Crippen MR) is 133 cm³/mol. The maximum Gasteiger partial charge on any atom is 0.253 e. The summed E-state index contributed by atoms with van der Waals surface area (Å²) in [4.78, 5) is 39.6. The van der Waals surface area contributed by atoms with Gasteiger partial charge in [0.1, 0.15) is 0 Å². The van der Waals surface area contributed by atoms with Crippen molar-refractivity contribution >= 4 is 29.7 Å². The van der Waals surface area contributed by atoms with Crippen molar-refractivity contribution in [1.29, 1.82) is 0 Å². The number of amides is 2. The Morgan fingerprint density at radius 1 is 0.706 bits per heavy atom. The van der Waals surface area contributed by atoms with E-state index in [9.17, 15) is 14.4 Å². The number of carbonyl (C=O) groups excluding carboxylic acids is 3. The maximum absolute atomic E-state index is 13.4. The van der Waals surface area contributed by atoms with Gasteiger partial charge in [0.05, 0.1) is 5.41 Å². The Hall–Kier alpha value is -4.05. The molecule has 5 rings (SSSR count). The maximum atomic E-state index is 13.4. The van der Waals surface area contributed by atoms with E-state index in [1.54, 1.807) is 6.07 Å². The second-order valence-electron chi connectivity index (χ2n) is 9.25. The first-order valence-electron chi connectivity index (χ1n) is 11.4. The van der Waals surface area contributed by atoms with Crippen LogP contribution in [0.1, 0.15) is 51.0 Å². The molecule has 2 aliphatic rings. The van der Waals surface area contributed by atoms with Crippen molar-refractivity contribution in [2.24, 2.45) is 0 Å². The Balaban J connectivity index is 1.63. The van der Waals surface area contributed by atoms with Gasteiger partial charge in [-0.3, -0.25) is 19.7 Å². The van der Waals surface area contributed by atoms with Gasteiger partial charge in [-0.25, -0.2) is 0 Å². The Bertz CT molecular complexity index is 1380. The van der Waals surface area contributed by atoms with Crippen molar-refractivity contribution in [2.75, 3.05) is 0 Å². The van der Waals surface area contributed by atoms with E-state index in [1.807, 2.05) is 92.7 Å². The molecule has 1 spiro atoms. The molecule has 2 amide bonds. The molecule has 3 aromatic rings. The number of nitrogens with one attached hydrogen (secondary N) is 1. The molecule has 1 aliphatic carbocycles. The van der Waals surface area contributed by atoms with Crippen LogP contribution in [0.25, 0.3) is 12.2 Å². The van der Waals surface area contributed by atoms with E-state index < -0.39 is 5.41 Å². The number of fused-ring (bicyclic) bond motifs is 2. The minimum Gasteiger partial charge on any atom is -0.292 e. The number of allylic oxidation sites excluding steroid dienone is 1. The summed E-state index contributed by atoms with van der Waals surface area (Å²) in [7, 11) is 0. The highest BCUT2D eigenvalue weighted by molar-refractivity contribution is 6.19. The number of piperidine rings is 1. The predicted octanol–water partition coefficient (Wildman–Crippen LogP) is 5.34. The largest absolute Gasteiger partial charge is 0.292 e. The van der Waals surface area contributed by atoms with Crippen LogP contribution in [0.4, 0.5) is 0 Å². The Labute approximate surface area is 199 Å². The van der Waals surface area contributed by atoms with E-state index in [0.29, 0.717) is 22.3 Å². The third-order valence-electron chi connectivity index (χ3n) is 6.75. The normalized spacial score (nSPS) is 22.2. The van der Waals surface area contributed by atoms with Crippen molar-refractivity contribution in [3.8, 4) is 0 Å². The van der Waals surface area contributed by atoms with E-state index in [1.165, 1.54) is 0 Å². The van der Waals surface area contributed by atoms with E-state index in [-0.39, 0.29) is 30.4 Å². The number of hydrogen-bond donors (Lipinski definition) is 1. The van der Waals surface area contributed by atoms with Crippen LogP contribution in [-0.2, 0) is 15.0 Å². The fourth-order valence-corrected chi connectivity index (χ4v) is 4.88. The lowest BCUT2D eigenvalue weighted by molar-refractivity contribution is -0.135. The van der Waals surface area contributed by atoms with E-state index in [4.69, 9.17) is 0 Å². The number of imide groups is 1. The number of aryl methyl sites for hydroxylation is 2. The van der Waals surface area contributed by atoms with Crippen LogP contribution in [0.3, 0.4) is 0 Å². The molecule has 4 nitrogen and oxygen atoms in total. The second-order valence-corrected chi connectivity index (χ2v) is 9.25. The lowest BCUT2D eigenvalue weighted by Crippen LogP contribution is -2.54. The molecule has 3 aromatic carbocycles. The Morgan fingerprint density at radius 3 is 1.85 bits per heavy atom. The molecule has 4 heteroatoms. The molecule has 0 radical (unpaired) electrons. The van der Waals surface area contributed by atoms with Crippen molar-refractivity contribution in [1.82, 2.24) is 5.32 Å². The first-order valence-corrected chi connectivity index (χ1v) is 11.4. The molecule has 168 valence electrons. The van der Waals surface area contributed by atoms with Crippen LogP contribution in [0.15, 0.2) is 83.9 Å². The van der Waals surface area contributed by atoms with Crippen LogP contribution >= 0.6 is 0 Å². The molecule has 34 heavy (non-hydrogen) atoms. The molecule has 1 fully saturated rings. The zero-order valence-electron chi connectivity index (χ0n) is 19.2. The van der Waals surface area contributed by atoms with Gasteiger partial charge in [-0.1, -0.05) is 83.9 Å². The Kier molecular flexibility index (Phi) is 5.37. The third-order valence-corrected chi connectivity index (χ3v) is 6.75. The third kappa shape index (κ3) is 3.81. The molecule has 1 saturated heterocycles. The molecular weight excluding hydrogens is 422 g/mol. The van der Waals surface area contributed by atoms with E-state index >= 15 is 0 Å². The minimum atomic E-state index is -1.02. The van der Waals surface area contributed by atoms with Crippen LogP contribution in [-0.4, -0.2) is 17.6 Å². The summed E-state index contributed by atoms with van der Waals surface area (Å²) in [5, 5.41) is 2.58. The van der Waals surface area contributed by atoms with Crippen molar-refractivity contribution < 1.29 is 14.4 Å². The highest BCUT2D eigenvalue weighted by Crippen LogP contribution is 2.46. The van der Waals surface area contributed by atoms with Crippen LogP contribution in [0.5, 0.6) is 0 Å². The van der Waals surface area contributed by atoms with Crippen LogP contribution in [0.2, 0.25) is 0 Å². The summed E-state index contributed by atoms with van der Waals surface area (Å²) >= 11 is 0. The first-order chi connectivity index (χ1) is 16.4. The summed E-state index contributed by atoms with van der Waals surface area (Å²) in [5.74, 6) is -0.807. The lowest BCUT2D eigenvalue weighted by atomic mass is 9.62. The minimum absolute atomic E-state index is 0.0736. The van der Waals surface area contributed by atoms with E-state index in [2.05, 4.69) is 5.32 Å². The van der Waals surface area contributed by atoms with Gasteiger partial charge in [0.15, 0.2) is 5.78 Å². The van der Waals surface area contributed by atoms with Gasteiger partial charge in [0, 0.05) is 16.7 Å². The zero-order chi connectivity index (χ0) is 23.9. The van der Waals surface area contributed by atoms with Gasteiger partial charge in [-0.2, -0.15) is 0 Å². The topological polar surface area (TPSA) is 63.2 Å². The second kappa shape index (κ2) is 8.38. The van der Waals surface area contributed by atoms with Crippen LogP contribution in [0, 0.1) is 13.8 Å². The highest BCUT2D eigenvalue weighted by atomic mass is 16.2. The molecule has 0 saturated carbocycles. The van der Waals surface area contributed by atoms with Gasteiger partial charge in [-0.15, -0.1) is 0 Å². The fraction of sp³-hybridized carbons (Fsp3) is 0.167. The zero-order valence-corrected chi connectivity index (χ0v) is 19.2. The lowest BCUT2D eigenvalue weighted by Gasteiger charge is -2.41. The number of Topliss-reactive ketones (excluding diaryl/α,β-unsaturated/α-hetero) is 1. The molecule has 1 N–H and O–H groups in total. The van der Waals surface area contributed by atoms with Gasteiger partial charge < -0.3 is 0 Å². The number of rotatable bonds is 2. The molecule has 0 bridgehead atoms. The molecule has 0 aromatic heterocycles. The number of hydrogen-bond acceptors (Lipinski definition) is 3. The summed E-state index contributed by atoms with van der Waals surface area (Å²) in [5.41, 5.74) is 5.35. The van der Waals surface area contributed by atoms with E-state index in [0.717, 1.165) is 22.3 Å². The number of carbonyl (C=O) groups is 3. The smallest absolute Gasteiger partial charge is 0.253 e. The van der Waals surface area contributed by atoms with Gasteiger partial charge in [0.2, 0.25) is 5.91 Å². The van der Waals surface area contributed by atoms with Gasteiger partial charge in [0.25, 0.3) is 5.91 Å². The van der Waals surface area contributed by atoms with Crippen molar-refractivity contribution in [3.63, 3.8) is 0 Å². The quantitative estimate of drug-likeness (QED) is 0.426. The monoisotopic (exact) mass is 447 g/mol. The first kappa shape index (κ1) is 21.8. The fourth-order valence-electron chi connectivity index (χ4n) is 4.88. The van der Waals surface area contributed by atoms with Crippen molar-refractivity contribution in [3.05, 3.63) is 117 Å². The summed E-state index contributed by atoms with van der Waals surface area (Å²) in [6.07, 6.45) is 4.18. The van der Waals surface area contributed by atoms with Gasteiger partial charge in [-0.05, 0) is 55.5 Å². The summed E-state index contributed by atoms with van der Waals surface area (Å²) < 4.78 is 0. The van der Waals surface area contributed by atoms with Gasteiger partial charge >= 0.3 is 0 Å². The highest BCUT2D eigenvalue weighted by Gasteiger charge is 2.51. The summed E-state index contributed by atoms with van der Waals surface area (Å²) in [6, 6.07) is 23.1. The van der Waals surface area contributed by atoms with Crippen LogP contribution < -0.4 is 5.32 Å². The SMILES string of the molecule is Cc1ccc(/C=C2\CC3(C/C(=C\c4ccc(C)cc4)C(=O)c4ccccc43)C(=O)NC2=O)cc1. The standard InChI is InChI=1S/C30H25NO3/c1-19-7-11-21(12-8-19)15-23-17-30(26-6-4-3-5-25(26)27(23)32)18-24(28(33)31-29(30)34)16-22-13-9-20(2)10-14-22/h3-16H,17-18H2,1-2H3,(H,31,33,34)/b23-15+,24-16+.